The normalized spacial score (nSPS) is 34.5. The Balaban J connectivity index is 1.72. The largest absolute Gasteiger partial charge is 0.480 e. The number of carbonyl (C=O) groups excluding carboxylic acids is 1. The number of carboxylic acid groups (broad SMARTS) is 1. The molecule has 0 bridgehead atoms. The summed E-state index contributed by atoms with van der Waals surface area (Å²) in [4.78, 5) is 25.7. The summed E-state index contributed by atoms with van der Waals surface area (Å²) in [5.74, 6) is -0.285. The van der Waals surface area contributed by atoms with Gasteiger partial charge >= 0.3 is 12.0 Å². The van der Waals surface area contributed by atoms with Crippen molar-refractivity contribution in [3.8, 4) is 0 Å². The standard InChI is InChI=1S/C15H24N2O3/c1-2-15(7-4-8-15)16-14(20)17-9-10-5-3-6-11(10)12(17)13(18)19/h10-12H,2-9H2,1H3,(H,16,20)(H,18,19). The molecule has 1 heterocycles. The van der Waals surface area contributed by atoms with E-state index < -0.39 is 12.0 Å². The molecular formula is C15H24N2O3. The second-order valence-corrected chi connectivity index (χ2v) is 6.71. The fourth-order valence-corrected chi connectivity index (χ4v) is 4.30. The molecule has 2 N–H and O–H groups in total. The van der Waals surface area contributed by atoms with Gasteiger partial charge in [0.2, 0.25) is 0 Å². The number of carbonyl (C=O) groups is 2. The van der Waals surface area contributed by atoms with Crippen molar-refractivity contribution < 1.29 is 14.7 Å². The minimum atomic E-state index is -0.839. The second-order valence-electron chi connectivity index (χ2n) is 6.71. The molecule has 5 nitrogen and oxygen atoms in total. The third-order valence-corrected chi connectivity index (χ3v) is 5.76. The number of fused-ring (bicyclic) bond motifs is 1. The van der Waals surface area contributed by atoms with Crippen LogP contribution >= 0.6 is 0 Å². The first-order chi connectivity index (χ1) is 9.56. The summed E-state index contributed by atoms with van der Waals surface area (Å²) < 4.78 is 0. The van der Waals surface area contributed by atoms with Crippen molar-refractivity contribution in [2.45, 2.75) is 63.5 Å². The number of amides is 2. The molecule has 0 radical (unpaired) electrons. The van der Waals surface area contributed by atoms with E-state index in [0.29, 0.717) is 12.5 Å². The van der Waals surface area contributed by atoms with Crippen LogP contribution in [0.15, 0.2) is 0 Å². The molecule has 1 aliphatic heterocycles. The Morgan fingerprint density at radius 3 is 2.60 bits per heavy atom. The van der Waals surface area contributed by atoms with E-state index in [2.05, 4.69) is 12.2 Å². The van der Waals surface area contributed by atoms with Crippen molar-refractivity contribution in [3.63, 3.8) is 0 Å². The highest BCUT2D eigenvalue weighted by molar-refractivity contribution is 5.84. The molecule has 3 aliphatic rings. The van der Waals surface area contributed by atoms with Gasteiger partial charge in [-0.1, -0.05) is 13.3 Å². The van der Waals surface area contributed by atoms with Gasteiger partial charge in [-0.25, -0.2) is 9.59 Å². The van der Waals surface area contributed by atoms with Crippen molar-refractivity contribution in [2.24, 2.45) is 11.8 Å². The molecule has 0 aromatic carbocycles. The number of nitrogens with zero attached hydrogens (tertiary/aromatic N) is 1. The van der Waals surface area contributed by atoms with Gasteiger partial charge in [0.05, 0.1) is 0 Å². The van der Waals surface area contributed by atoms with Crippen LogP contribution in [0.1, 0.15) is 51.9 Å². The van der Waals surface area contributed by atoms with E-state index >= 15 is 0 Å². The smallest absolute Gasteiger partial charge is 0.326 e. The Morgan fingerprint density at radius 1 is 1.30 bits per heavy atom. The lowest BCUT2D eigenvalue weighted by Crippen LogP contribution is -2.58. The maximum atomic E-state index is 12.5. The average molecular weight is 280 g/mol. The number of likely N-dealkylation sites (tertiary alicyclic amines) is 1. The van der Waals surface area contributed by atoms with Crippen molar-refractivity contribution >= 4 is 12.0 Å². The molecule has 1 saturated heterocycles. The van der Waals surface area contributed by atoms with Crippen LogP contribution in [-0.2, 0) is 4.79 Å². The first-order valence-electron chi connectivity index (χ1n) is 7.88. The molecule has 2 aliphatic carbocycles. The Labute approximate surface area is 119 Å². The summed E-state index contributed by atoms with van der Waals surface area (Å²) in [6.07, 6.45) is 7.25. The molecule has 0 spiro atoms. The molecule has 112 valence electrons. The van der Waals surface area contributed by atoms with Gasteiger partial charge in [-0.05, 0) is 50.4 Å². The molecule has 20 heavy (non-hydrogen) atoms. The van der Waals surface area contributed by atoms with E-state index in [9.17, 15) is 14.7 Å². The van der Waals surface area contributed by atoms with Crippen LogP contribution in [0.25, 0.3) is 0 Å². The third kappa shape index (κ3) is 2.07. The number of aliphatic carboxylic acids is 1. The van der Waals surface area contributed by atoms with Crippen molar-refractivity contribution in [1.29, 1.82) is 0 Å². The maximum absolute atomic E-state index is 12.5. The van der Waals surface area contributed by atoms with Gasteiger partial charge in [-0.3, -0.25) is 0 Å². The van der Waals surface area contributed by atoms with Gasteiger partial charge in [-0.15, -0.1) is 0 Å². The number of carboxylic acids is 1. The van der Waals surface area contributed by atoms with E-state index in [-0.39, 0.29) is 17.5 Å². The molecular weight excluding hydrogens is 256 g/mol. The molecule has 3 unspecified atom stereocenters. The lowest BCUT2D eigenvalue weighted by atomic mass is 9.75. The Hall–Kier alpha value is -1.26. The van der Waals surface area contributed by atoms with E-state index in [1.165, 1.54) is 0 Å². The summed E-state index contributed by atoms with van der Waals surface area (Å²) in [5, 5.41) is 12.6. The predicted octanol–water partition coefficient (Wildman–Crippen LogP) is 2.21. The van der Waals surface area contributed by atoms with Crippen LogP contribution in [0, 0.1) is 11.8 Å². The average Bonchev–Trinajstić information content (AvgIpc) is 2.92. The van der Waals surface area contributed by atoms with E-state index in [0.717, 1.165) is 44.9 Å². The van der Waals surface area contributed by atoms with Crippen LogP contribution in [0.5, 0.6) is 0 Å². The van der Waals surface area contributed by atoms with Crippen LogP contribution in [0.2, 0.25) is 0 Å². The number of nitrogens with one attached hydrogen (secondary N) is 1. The SMILES string of the molecule is CCC1(NC(=O)N2CC3CCCC3C2C(=O)O)CCC1. The lowest BCUT2D eigenvalue weighted by Gasteiger charge is -2.43. The van der Waals surface area contributed by atoms with Crippen molar-refractivity contribution in [2.75, 3.05) is 6.54 Å². The zero-order valence-corrected chi connectivity index (χ0v) is 12.1. The molecule has 2 amide bonds. The first-order valence-corrected chi connectivity index (χ1v) is 7.88. The zero-order chi connectivity index (χ0) is 14.3. The maximum Gasteiger partial charge on any atom is 0.326 e. The van der Waals surface area contributed by atoms with Crippen LogP contribution in [0.3, 0.4) is 0 Å². The fraction of sp³-hybridized carbons (Fsp3) is 0.867. The van der Waals surface area contributed by atoms with E-state index in [1.54, 1.807) is 4.90 Å². The number of rotatable bonds is 3. The molecule has 2 saturated carbocycles. The second kappa shape index (κ2) is 4.93. The third-order valence-electron chi connectivity index (χ3n) is 5.76. The van der Waals surface area contributed by atoms with Crippen LogP contribution in [-0.4, -0.2) is 40.1 Å². The number of hydrogen-bond acceptors (Lipinski definition) is 2. The summed E-state index contributed by atoms with van der Waals surface area (Å²) in [7, 11) is 0. The lowest BCUT2D eigenvalue weighted by molar-refractivity contribution is -0.142. The minimum Gasteiger partial charge on any atom is -0.480 e. The first kappa shape index (κ1) is 13.7. The summed E-state index contributed by atoms with van der Waals surface area (Å²) in [6, 6.07) is -0.773. The molecule has 3 atom stereocenters. The topological polar surface area (TPSA) is 69.6 Å². The van der Waals surface area contributed by atoms with Gasteiger partial charge in [-0.2, -0.15) is 0 Å². The van der Waals surface area contributed by atoms with E-state index in [4.69, 9.17) is 0 Å². The molecule has 3 fully saturated rings. The highest BCUT2D eigenvalue weighted by Gasteiger charge is 2.50. The van der Waals surface area contributed by atoms with Gasteiger partial charge in [0.1, 0.15) is 6.04 Å². The summed E-state index contributed by atoms with van der Waals surface area (Å²) >= 11 is 0. The molecule has 0 aromatic heterocycles. The Kier molecular flexibility index (Phi) is 3.38. The summed E-state index contributed by atoms with van der Waals surface area (Å²) in [6.45, 7) is 2.71. The zero-order valence-electron chi connectivity index (χ0n) is 12.1. The summed E-state index contributed by atoms with van der Waals surface area (Å²) in [5.41, 5.74) is -0.0716. The van der Waals surface area contributed by atoms with Gasteiger partial charge < -0.3 is 15.3 Å². The fourth-order valence-electron chi connectivity index (χ4n) is 4.30. The Morgan fingerprint density at radius 2 is 2.05 bits per heavy atom. The van der Waals surface area contributed by atoms with Gasteiger partial charge in [0, 0.05) is 12.1 Å². The van der Waals surface area contributed by atoms with Gasteiger partial charge in [0.25, 0.3) is 0 Å². The van der Waals surface area contributed by atoms with Gasteiger partial charge in [0.15, 0.2) is 0 Å². The Bertz CT molecular complexity index is 414. The molecule has 0 aromatic rings. The highest BCUT2D eigenvalue weighted by Crippen LogP contribution is 2.43. The minimum absolute atomic E-state index is 0.0716. The highest BCUT2D eigenvalue weighted by atomic mass is 16.4. The number of urea groups is 1. The number of hydrogen-bond donors (Lipinski definition) is 2. The van der Waals surface area contributed by atoms with Crippen LogP contribution in [0.4, 0.5) is 4.79 Å². The monoisotopic (exact) mass is 280 g/mol. The molecule has 3 rings (SSSR count). The predicted molar refractivity (Wildman–Crippen MR) is 74.4 cm³/mol. The van der Waals surface area contributed by atoms with Crippen molar-refractivity contribution in [3.05, 3.63) is 0 Å². The van der Waals surface area contributed by atoms with E-state index in [1.807, 2.05) is 0 Å². The van der Waals surface area contributed by atoms with Crippen LogP contribution < -0.4 is 5.32 Å². The van der Waals surface area contributed by atoms with Crippen molar-refractivity contribution in [1.82, 2.24) is 10.2 Å². The molecule has 5 heteroatoms. The quantitative estimate of drug-likeness (QED) is 0.832.